The molecule has 0 aliphatic rings. The summed E-state index contributed by atoms with van der Waals surface area (Å²) >= 11 is 0. The summed E-state index contributed by atoms with van der Waals surface area (Å²) in [5.41, 5.74) is 15.3. The van der Waals surface area contributed by atoms with E-state index in [0.717, 1.165) is 33.2 Å². The fraction of sp³-hybridized carbons (Fsp3) is 0.231. The number of fused-ring (bicyclic) bond motifs is 1. The highest BCUT2D eigenvalue weighted by Gasteiger charge is 2.24. The van der Waals surface area contributed by atoms with Crippen LogP contribution in [0.1, 0.15) is 58.5 Å². The number of carbonyl (C=O) groups excluding carboxylic acids is 2. The van der Waals surface area contributed by atoms with Crippen LogP contribution >= 0.6 is 0 Å². The Balaban J connectivity index is 1.27. The number of carbonyl (C=O) groups is 2. The fourth-order valence-electron chi connectivity index (χ4n) is 5.79. The number of benzene rings is 4. The van der Waals surface area contributed by atoms with Crippen LogP contribution in [0.25, 0.3) is 10.8 Å². The Hall–Kier alpha value is -5.61. The minimum absolute atomic E-state index is 0.0223. The van der Waals surface area contributed by atoms with Crippen LogP contribution in [0.3, 0.4) is 0 Å². The van der Waals surface area contributed by atoms with Gasteiger partial charge in [0.15, 0.2) is 5.96 Å². The summed E-state index contributed by atoms with van der Waals surface area (Å²) in [6, 6.07) is 32.5. The van der Waals surface area contributed by atoms with E-state index in [9.17, 15) is 14.0 Å². The molecule has 0 aliphatic carbocycles. The van der Waals surface area contributed by atoms with E-state index >= 15 is 0 Å². The summed E-state index contributed by atoms with van der Waals surface area (Å²) in [6.07, 6.45) is 2.61. The zero-order valence-electron chi connectivity index (χ0n) is 27.6. The van der Waals surface area contributed by atoms with Crippen molar-refractivity contribution in [2.75, 3.05) is 6.54 Å². The van der Waals surface area contributed by atoms with Gasteiger partial charge in [0, 0.05) is 37.9 Å². The predicted octanol–water partition coefficient (Wildman–Crippen LogP) is 5.61. The average molecular weight is 660 g/mol. The molecular formula is C39H42FN7O2. The summed E-state index contributed by atoms with van der Waals surface area (Å²) < 4.78 is 13.5. The van der Waals surface area contributed by atoms with Crippen molar-refractivity contribution in [3.63, 3.8) is 0 Å². The molecule has 5 rings (SSSR count). The van der Waals surface area contributed by atoms with E-state index in [1.54, 1.807) is 30.5 Å². The van der Waals surface area contributed by atoms with Crippen molar-refractivity contribution in [3.8, 4) is 0 Å². The maximum atomic E-state index is 13.6. The molecule has 1 aromatic heterocycles. The molecule has 1 heterocycles. The highest BCUT2D eigenvalue weighted by molar-refractivity contribution is 5.97. The molecule has 4 aromatic carbocycles. The van der Waals surface area contributed by atoms with Crippen LogP contribution in [0, 0.1) is 5.82 Å². The van der Waals surface area contributed by atoms with Crippen LogP contribution < -0.4 is 22.1 Å². The number of amides is 2. The van der Waals surface area contributed by atoms with Crippen molar-refractivity contribution >= 4 is 28.5 Å². The van der Waals surface area contributed by atoms with Gasteiger partial charge in [-0.25, -0.2) is 4.39 Å². The van der Waals surface area contributed by atoms with Gasteiger partial charge in [-0.2, -0.15) is 0 Å². The number of pyridine rings is 1. The van der Waals surface area contributed by atoms with Gasteiger partial charge in [-0.1, -0.05) is 72.8 Å². The Bertz CT molecular complexity index is 1860. The van der Waals surface area contributed by atoms with Crippen molar-refractivity contribution in [1.82, 2.24) is 20.5 Å². The number of aromatic nitrogens is 1. The second kappa shape index (κ2) is 17.0. The molecule has 0 saturated carbocycles. The first-order chi connectivity index (χ1) is 23.7. The largest absolute Gasteiger partial charge is 0.370 e. The molecule has 2 atom stereocenters. The lowest BCUT2D eigenvalue weighted by atomic mass is 9.99. The maximum absolute atomic E-state index is 13.6. The number of nitrogens with two attached hydrogens (primary N) is 2. The second-order valence-corrected chi connectivity index (χ2v) is 12.1. The fourth-order valence-corrected chi connectivity index (χ4v) is 5.79. The molecule has 0 aliphatic heterocycles. The Labute approximate surface area is 286 Å². The lowest BCUT2D eigenvalue weighted by Crippen LogP contribution is -2.47. The van der Waals surface area contributed by atoms with Gasteiger partial charge in [0.25, 0.3) is 5.91 Å². The third-order valence-electron chi connectivity index (χ3n) is 8.27. The van der Waals surface area contributed by atoms with Crippen LogP contribution in [0.5, 0.6) is 0 Å². The molecule has 10 heteroatoms. The quantitative estimate of drug-likeness (QED) is 0.0655. The van der Waals surface area contributed by atoms with Crippen LogP contribution in [0.2, 0.25) is 0 Å². The van der Waals surface area contributed by atoms with Gasteiger partial charge in [0.2, 0.25) is 5.91 Å². The minimum Gasteiger partial charge on any atom is -0.370 e. The number of hydrogen-bond donors (Lipinski definition) is 4. The van der Waals surface area contributed by atoms with Gasteiger partial charge >= 0.3 is 0 Å². The summed E-state index contributed by atoms with van der Waals surface area (Å²) in [7, 11) is 0. The number of nitrogens with zero attached hydrogens (tertiary/aromatic N) is 3. The Kier molecular flexibility index (Phi) is 12.0. The number of halogens is 1. The first kappa shape index (κ1) is 34.7. The number of guanidine groups is 1. The van der Waals surface area contributed by atoms with Crippen molar-refractivity contribution in [2.45, 2.75) is 51.5 Å². The highest BCUT2D eigenvalue weighted by atomic mass is 19.1. The van der Waals surface area contributed by atoms with E-state index in [0.29, 0.717) is 44.6 Å². The highest BCUT2D eigenvalue weighted by Crippen LogP contribution is 2.24. The normalized spacial score (nSPS) is 12.3. The molecule has 0 spiro atoms. The van der Waals surface area contributed by atoms with E-state index in [1.807, 2.05) is 79.7 Å². The van der Waals surface area contributed by atoms with Gasteiger partial charge in [-0.15, -0.1) is 0 Å². The summed E-state index contributed by atoms with van der Waals surface area (Å²) in [5.74, 6) is -0.947. The van der Waals surface area contributed by atoms with E-state index in [-0.39, 0.29) is 29.6 Å². The van der Waals surface area contributed by atoms with E-state index in [4.69, 9.17) is 11.5 Å². The molecular weight excluding hydrogens is 617 g/mol. The topological polar surface area (TPSA) is 139 Å². The summed E-state index contributed by atoms with van der Waals surface area (Å²) in [4.78, 5) is 37.8. The van der Waals surface area contributed by atoms with Crippen molar-refractivity contribution in [1.29, 1.82) is 0 Å². The van der Waals surface area contributed by atoms with Crippen LogP contribution in [0.15, 0.2) is 120 Å². The molecule has 252 valence electrons. The summed E-state index contributed by atoms with van der Waals surface area (Å²) in [6.45, 7) is 4.03. The molecule has 0 bridgehead atoms. The molecule has 0 unspecified atom stereocenters. The first-order valence-corrected chi connectivity index (χ1v) is 16.3. The SMILES string of the molecule is C[C@@H](NC(=O)[C@H](CCCN=C(N)N)NC(=O)c1ccc(CN(Cc2ccc(F)cc2)Cc2ccccn2)cc1)c1cccc2ccccc12. The average Bonchev–Trinajstić information content (AvgIpc) is 3.10. The van der Waals surface area contributed by atoms with Gasteiger partial charge in [-0.05, 0) is 83.6 Å². The Morgan fingerprint density at radius 1 is 0.816 bits per heavy atom. The molecule has 0 fully saturated rings. The predicted molar refractivity (Wildman–Crippen MR) is 192 cm³/mol. The number of rotatable bonds is 15. The standard InChI is InChI=1S/C39H42FN7O2/c1-27(34-12-6-9-30-8-2-3-11-35(30)34)45-38(49)36(13-7-23-44-39(41)42)46-37(48)31-18-14-28(15-19-31)24-47(26-33-10-4-5-22-43-33)25-29-16-20-32(40)21-17-29/h2-6,8-12,14-22,27,36H,7,13,23-26H2,1H3,(H,45,49)(H,46,48)(H4,41,42,44)/t27-,36+/m1/s1. The summed E-state index contributed by atoms with van der Waals surface area (Å²) in [5, 5.41) is 8.18. The number of nitrogens with one attached hydrogen (secondary N) is 2. The zero-order valence-corrected chi connectivity index (χ0v) is 27.6. The smallest absolute Gasteiger partial charge is 0.251 e. The van der Waals surface area contributed by atoms with E-state index < -0.39 is 6.04 Å². The minimum atomic E-state index is -0.802. The monoisotopic (exact) mass is 659 g/mol. The molecule has 2 amide bonds. The third kappa shape index (κ3) is 10.2. The lowest BCUT2D eigenvalue weighted by Gasteiger charge is -2.23. The Morgan fingerprint density at radius 3 is 2.18 bits per heavy atom. The second-order valence-electron chi connectivity index (χ2n) is 12.1. The van der Waals surface area contributed by atoms with Gasteiger partial charge in [-0.3, -0.25) is 24.5 Å². The first-order valence-electron chi connectivity index (χ1n) is 16.3. The zero-order chi connectivity index (χ0) is 34.6. The molecule has 6 N–H and O–H groups in total. The van der Waals surface area contributed by atoms with Crippen molar-refractivity contribution < 1.29 is 14.0 Å². The maximum Gasteiger partial charge on any atom is 0.251 e. The molecule has 49 heavy (non-hydrogen) atoms. The van der Waals surface area contributed by atoms with Crippen molar-refractivity contribution in [3.05, 3.63) is 149 Å². The van der Waals surface area contributed by atoms with E-state index in [1.165, 1.54) is 12.1 Å². The van der Waals surface area contributed by atoms with Crippen molar-refractivity contribution in [2.24, 2.45) is 16.5 Å². The molecule has 5 aromatic rings. The molecule has 9 nitrogen and oxygen atoms in total. The van der Waals surface area contributed by atoms with Crippen LogP contribution in [-0.2, 0) is 24.4 Å². The van der Waals surface area contributed by atoms with Gasteiger partial charge in [0.1, 0.15) is 11.9 Å². The third-order valence-corrected chi connectivity index (χ3v) is 8.27. The molecule has 0 saturated heterocycles. The number of hydrogen-bond acceptors (Lipinski definition) is 5. The number of aliphatic imine (C=N–C) groups is 1. The van der Waals surface area contributed by atoms with Crippen LogP contribution in [0.4, 0.5) is 4.39 Å². The molecule has 0 radical (unpaired) electrons. The van der Waals surface area contributed by atoms with E-state index in [2.05, 4.69) is 25.5 Å². The van der Waals surface area contributed by atoms with Crippen LogP contribution in [-0.4, -0.2) is 40.2 Å². The lowest BCUT2D eigenvalue weighted by molar-refractivity contribution is -0.123. The van der Waals surface area contributed by atoms with Gasteiger partial charge in [0.05, 0.1) is 11.7 Å². The van der Waals surface area contributed by atoms with Gasteiger partial charge < -0.3 is 22.1 Å². The Morgan fingerprint density at radius 2 is 1.49 bits per heavy atom.